The fourth-order valence-electron chi connectivity index (χ4n) is 1.34. The molecule has 4 nitrogen and oxygen atoms in total. The number of methoxy groups -OCH3 is 2. The van der Waals surface area contributed by atoms with Gasteiger partial charge in [0.25, 0.3) is 0 Å². The Balaban J connectivity index is 2.65. The summed E-state index contributed by atoms with van der Waals surface area (Å²) in [5.41, 5.74) is 1.03. The quantitative estimate of drug-likeness (QED) is 0.846. The first-order valence-electron chi connectivity index (χ1n) is 5.22. The summed E-state index contributed by atoms with van der Waals surface area (Å²) in [5.74, 6) is 0.514. The third kappa shape index (κ3) is 4.02. The van der Waals surface area contributed by atoms with Crippen LogP contribution in [0.5, 0.6) is 5.75 Å². The molecule has 94 valence electrons. The van der Waals surface area contributed by atoms with Gasteiger partial charge in [-0.15, -0.1) is 0 Å². The maximum atomic E-state index is 11.2. The third-order valence-electron chi connectivity index (χ3n) is 2.41. The van der Waals surface area contributed by atoms with Crippen molar-refractivity contribution in [3.63, 3.8) is 0 Å². The molecule has 0 bridgehead atoms. The molecule has 1 N–H and O–H groups in total. The zero-order chi connectivity index (χ0) is 12.8. The van der Waals surface area contributed by atoms with E-state index in [1.54, 1.807) is 14.0 Å². The van der Waals surface area contributed by atoms with Crippen molar-refractivity contribution in [2.75, 3.05) is 14.2 Å². The monoisotopic (exact) mass is 301 g/mol. The Morgan fingerprint density at radius 1 is 1.47 bits per heavy atom. The van der Waals surface area contributed by atoms with E-state index in [1.165, 1.54) is 7.11 Å². The largest absolute Gasteiger partial charge is 0.497 e. The number of nitrogens with one attached hydrogen (secondary N) is 1. The molecule has 5 heteroatoms. The van der Waals surface area contributed by atoms with Crippen molar-refractivity contribution in [1.82, 2.24) is 5.32 Å². The number of halogens is 1. The Morgan fingerprint density at radius 3 is 2.76 bits per heavy atom. The van der Waals surface area contributed by atoms with Crippen molar-refractivity contribution in [2.45, 2.75) is 19.5 Å². The van der Waals surface area contributed by atoms with Crippen molar-refractivity contribution in [3.05, 3.63) is 28.2 Å². The number of hydrogen-bond acceptors (Lipinski definition) is 4. The van der Waals surface area contributed by atoms with Crippen molar-refractivity contribution < 1.29 is 14.3 Å². The van der Waals surface area contributed by atoms with Gasteiger partial charge >= 0.3 is 5.97 Å². The van der Waals surface area contributed by atoms with Gasteiger partial charge in [0.2, 0.25) is 0 Å². The lowest BCUT2D eigenvalue weighted by Gasteiger charge is -2.13. The summed E-state index contributed by atoms with van der Waals surface area (Å²) in [7, 11) is 3.00. The highest BCUT2D eigenvalue weighted by Gasteiger charge is 2.12. The summed E-state index contributed by atoms with van der Waals surface area (Å²) in [6, 6.07) is 5.37. The van der Waals surface area contributed by atoms with Crippen molar-refractivity contribution in [1.29, 1.82) is 0 Å². The van der Waals surface area contributed by atoms with E-state index in [0.717, 1.165) is 15.8 Å². The predicted molar refractivity (Wildman–Crippen MR) is 69.0 cm³/mol. The van der Waals surface area contributed by atoms with Gasteiger partial charge in [-0.05, 0) is 30.7 Å². The Morgan fingerprint density at radius 2 is 2.18 bits per heavy atom. The normalized spacial score (nSPS) is 12.0. The number of rotatable bonds is 5. The van der Waals surface area contributed by atoms with Crippen molar-refractivity contribution >= 4 is 21.9 Å². The average Bonchev–Trinajstić information content (AvgIpc) is 2.36. The number of benzene rings is 1. The highest BCUT2D eigenvalue weighted by atomic mass is 79.9. The molecule has 1 rings (SSSR count). The molecule has 0 spiro atoms. The van der Waals surface area contributed by atoms with E-state index in [-0.39, 0.29) is 12.0 Å². The van der Waals surface area contributed by atoms with Gasteiger partial charge in [0, 0.05) is 11.0 Å². The molecular formula is C12H16BrNO3. The van der Waals surface area contributed by atoms with Crippen LogP contribution in [0.25, 0.3) is 0 Å². The number of carbonyl (C=O) groups excluding carboxylic acids is 1. The molecular weight excluding hydrogens is 286 g/mol. The highest BCUT2D eigenvalue weighted by Crippen LogP contribution is 2.22. The molecule has 1 aromatic rings. The van der Waals surface area contributed by atoms with Crippen LogP contribution in [0.2, 0.25) is 0 Å². The molecule has 0 fully saturated rings. The van der Waals surface area contributed by atoms with Gasteiger partial charge in [-0.1, -0.05) is 15.9 Å². The molecule has 0 aliphatic carbocycles. The lowest BCUT2D eigenvalue weighted by Crippen LogP contribution is -2.34. The first-order valence-corrected chi connectivity index (χ1v) is 6.01. The number of esters is 1. The minimum Gasteiger partial charge on any atom is -0.497 e. The molecule has 0 aliphatic heterocycles. The number of ether oxygens (including phenoxy) is 2. The van der Waals surface area contributed by atoms with E-state index >= 15 is 0 Å². The molecule has 1 atom stereocenters. The molecule has 17 heavy (non-hydrogen) atoms. The van der Waals surface area contributed by atoms with E-state index < -0.39 is 0 Å². The second-order valence-corrected chi connectivity index (χ2v) is 4.44. The van der Waals surface area contributed by atoms with Crippen LogP contribution in [0, 0.1) is 0 Å². The summed E-state index contributed by atoms with van der Waals surface area (Å²) in [4.78, 5) is 11.2. The summed E-state index contributed by atoms with van der Waals surface area (Å²) in [6.45, 7) is 2.33. The van der Waals surface area contributed by atoms with Crippen LogP contribution < -0.4 is 10.1 Å². The maximum absolute atomic E-state index is 11.2. The molecule has 0 saturated heterocycles. The zero-order valence-corrected chi connectivity index (χ0v) is 11.7. The van der Waals surface area contributed by atoms with Gasteiger partial charge in [0.15, 0.2) is 0 Å². The van der Waals surface area contributed by atoms with Gasteiger partial charge in [-0.25, -0.2) is 0 Å². The van der Waals surface area contributed by atoms with E-state index in [1.807, 2.05) is 18.2 Å². The summed E-state index contributed by atoms with van der Waals surface area (Å²) in [6.07, 6.45) is 0. The van der Waals surface area contributed by atoms with E-state index in [4.69, 9.17) is 4.74 Å². The first-order chi connectivity index (χ1) is 8.08. The van der Waals surface area contributed by atoms with E-state index in [0.29, 0.717) is 6.54 Å². The zero-order valence-electron chi connectivity index (χ0n) is 10.1. The lowest BCUT2D eigenvalue weighted by atomic mass is 10.2. The molecule has 0 amide bonds. The van der Waals surface area contributed by atoms with Gasteiger partial charge in [0.1, 0.15) is 11.8 Å². The fraction of sp³-hybridized carbons (Fsp3) is 0.417. The van der Waals surface area contributed by atoms with Crippen LogP contribution in [0.4, 0.5) is 0 Å². The Kier molecular flexibility index (Phi) is 5.44. The smallest absolute Gasteiger partial charge is 0.322 e. The maximum Gasteiger partial charge on any atom is 0.322 e. The lowest BCUT2D eigenvalue weighted by molar-refractivity contribution is -0.142. The van der Waals surface area contributed by atoms with Gasteiger partial charge in [-0.2, -0.15) is 0 Å². The van der Waals surface area contributed by atoms with Crippen molar-refractivity contribution in [2.24, 2.45) is 0 Å². The predicted octanol–water partition coefficient (Wildman–Crippen LogP) is 2.11. The van der Waals surface area contributed by atoms with Crippen LogP contribution in [0.3, 0.4) is 0 Å². The minimum absolute atomic E-state index is 0.274. The van der Waals surface area contributed by atoms with E-state index in [2.05, 4.69) is 26.0 Å². The van der Waals surface area contributed by atoms with Crippen LogP contribution in [0.1, 0.15) is 12.5 Å². The molecule has 0 aromatic heterocycles. The summed E-state index contributed by atoms with van der Waals surface area (Å²) < 4.78 is 10.8. The van der Waals surface area contributed by atoms with Gasteiger partial charge in [0.05, 0.1) is 14.2 Å². The topological polar surface area (TPSA) is 47.6 Å². The Hall–Kier alpha value is -1.07. The Labute approximate surface area is 109 Å². The van der Waals surface area contributed by atoms with Crippen LogP contribution in [-0.4, -0.2) is 26.2 Å². The van der Waals surface area contributed by atoms with Gasteiger partial charge < -0.3 is 14.8 Å². The third-order valence-corrected chi connectivity index (χ3v) is 3.18. The molecule has 1 aromatic carbocycles. The van der Waals surface area contributed by atoms with Crippen LogP contribution in [0.15, 0.2) is 22.7 Å². The second kappa shape index (κ2) is 6.61. The average molecular weight is 302 g/mol. The molecule has 1 unspecified atom stereocenters. The van der Waals surface area contributed by atoms with Crippen LogP contribution in [-0.2, 0) is 16.1 Å². The van der Waals surface area contributed by atoms with E-state index in [9.17, 15) is 4.79 Å². The highest BCUT2D eigenvalue weighted by molar-refractivity contribution is 9.10. The standard InChI is InChI=1S/C12H16BrNO3/c1-8(12(15)17-3)14-7-9-6-10(16-2)4-5-11(9)13/h4-6,8,14H,7H2,1-3H3. The molecule has 0 radical (unpaired) electrons. The molecule has 0 heterocycles. The Bertz CT molecular complexity index is 395. The first kappa shape index (κ1) is 14.0. The SMILES string of the molecule is COC(=O)C(C)NCc1cc(OC)ccc1Br. The number of hydrogen-bond donors (Lipinski definition) is 1. The van der Waals surface area contributed by atoms with Crippen molar-refractivity contribution in [3.8, 4) is 5.75 Å². The summed E-state index contributed by atoms with van der Waals surface area (Å²) in [5, 5.41) is 3.08. The number of carbonyl (C=O) groups is 1. The fourth-order valence-corrected chi connectivity index (χ4v) is 1.72. The summed E-state index contributed by atoms with van der Waals surface area (Å²) >= 11 is 3.45. The second-order valence-electron chi connectivity index (χ2n) is 3.58. The minimum atomic E-state index is -0.335. The molecule has 0 saturated carbocycles. The van der Waals surface area contributed by atoms with Crippen LogP contribution >= 0.6 is 15.9 Å². The molecule has 0 aliphatic rings. The van der Waals surface area contributed by atoms with Gasteiger partial charge in [-0.3, -0.25) is 4.79 Å².